The summed E-state index contributed by atoms with van der Waals surface area (Å²) in [6.45, 7) is 8.40. The van der Waals surface area contributed by atoms with E-state index in [0.717, 1.165) is 16.8 Å². The van der Waals surface area contributed by atoms with E-state index in [4.69, 9.17) is 11.6 Å². The third kappa shape index (κ3) is 5.89. The normalized spacial score (nSPS) is 11.8. The van der Waals surface area contributed by atoms with E-state index in [2.05, 4.69) is 26.9 Å². The molecule has 0 radical (unpaired) electrons. The molecule has 2 amide bonds. The van der Waals surface area contributed by atoms with Crippen molar-refractivity contribution in [2.45, 2.75) is 45.4 Å². The molecule has 0 aliphatic heterocycles. The Balaban J connectivity index is 1.64. The molecule has 1 aromatic heterocycles. The molecule has 7 nitrogen and oxygen atoms in total. The van der Waals surface area contributed by atoms with E-state index in [1.807, 2.05) is 44.4 Å². The molecule has 1 heterocycles. The number of carbonyl (C=O) groups excluding carboxylic acids is 2. The first-order valence-electron chi connectivity index (χ1n) is 10.3. The number of anilines is 1. The lowest BCUT2D eigenvalue weighted by atomic mass is 10.1. The van der Waals surface area contributed by atoms with Crippen LogP contribution in [0.25, 0.3) is 0 Å². The zero-order chi connectivity index (χ0) is 23.3. The maximum absolute atomic E-state index is 12.6. The maximum atomic E-state index is 12.6. The Kier molecular flexibility index (Phi) is 7.93. The second-order valence-corrected chi connectivity index (χ2v) is 8.82. The van der Waals surface area contributed by atoms with E-state index in [-0.39, 0.29) is 23.6 Å². The van der Waals surface area contributed by atoms with Crippen LogP contribution < -0.4 is 10.6 Å². The highest BCUT2D eigenvalue weighted by Gasteiger charge is 2.21. The molecular weight excluding hydrogens is 446 g/mol. The standard InChI is InChI=1S/C23H26ClN5O2S/c1-5-29-21(16(4)25-22(31)18-8-6-7-9-19(18)24)27-28-23(29)32-13-20(30)26-17-11-14(2)10-15(3)12-17/h6-12,16H,5,13H2,1-4H3,(H,25,31)(H,26,30)/t16-/m1/s1. The predicted octanol–water partition coefficient (Wildman–Crippen LogP) is 4.79. The molecule has 2 aromatic carbocycles. The lowest BCUT2D eigenvalue weighted by Gasteiger charge is -2.15. The van der Waals surface area contributed by atoms with Crippen LogP contribution in [0.5, 0.6) is 0 Å². The average molecular weight is 472 g/mol. The molecule has 0 fully saturated rings. The van der Waals surface area contributed by atoms with E-state index in [0.29, 0.717) is 28.1 Å². The lowest BCUT2D eigenvalue weighted by Crippen LogP contribution is -2.29. The van der Waals surface area contributed by atoms with Gasteiger partial charge >= 0.3 is 0 Å². The molecule has 3 aromatic rings. The second-order valence-electron chi connectivity index (χ2n) is 7.47. The van der Waals surface area contributed by atoms with Gasteiger partial charge in [0.2, 0.25) is 5.91 Å². The number of amides is 2. The molecule has 0 aliphatic carbocycles. The second kappa shape index (κ2) is 10.7. The topological polar surface area (TPSA) is 88.9 Å². The number of halogens is 1. The van der Waals surface area contributed by atoms with Gasteiger partial charge in [-0.1, -0.05) is 41.6 Å². The van der Waals surface area contributed by atoms with Crippen molar-refractivity contribution in [3.8, 4) is 0 Å². The average Bonchev–Trinajstić information content (AvgIpc) is 3.14. The summed E-state index contributed by atoms with van der Waals surface area (Å²) in [6.07, 6.45) is 0. The minimum atomic E-state index is -0.385. The minimum Gasteiger partial charge on any atom is -0.342 e. The van der Waals surface area contributed by atoms with Gasteiger partial charge in [-0.2, -0.15) is 0 Å². The Bertz CT molecular complexity index is 1110. The summed E-state index contributed by atoms with van der Waals surface area (Å²) in [5, 5.41) is 15.3. The summed E-state index contributed by atoms with van der Waals surface area (Å²) in [6, 6.07) is 12.4. The molecule has 0 saturated carbocycles. The van der Waals surface area contributed by atoms with Crippen molar-refractivity contribution in [3.63, 3.8) is 0 Å². The quantitative estimate of drug-likeness (QED) is 0.461. The highest BCUT2D eigenvalue weighted by Crippen LogP contribution is 2.22. The summed E-state index contributed by atoms with van der Waals surface area (Å²) in [5.74, 6) is 0.416. The molecule has 3 rings (SSSR count). The first kappa shape index (κ1) is 23.8. The smallest absolute Gasteiger partial charge is 0.253 e. The summed E-state index contributed by atoms with van der Waals surface area (Å²) in [5.41, 5.74) is 3.37. The van der Waals surface area contributed by atoms with E-state index in [9.17, 15) is 9.59 Å². The molecule has 168 valence electrons. The fourth-order valence-electron chi connectivity index (χ4n) is 3.38. The monoisotopic (exact) mass is 471 g/mol. The van der Waals surface area contributed by atoms with Gasteiger partial charge in [0.25, 0.3) is 5.91 Å². The largest absolute Gasteiger partial charge is 0.342 e. The van der Waals surface area contributed by atoms with Crippen LogP contribution in [0.3, 0.4) is 0 Å². The van der Waals surface area contributed by atoms with Crippen molar-refractivity contribution < 1.29 is 9.59 Å². The number of rotatable bonds is 8. The number of aromatic nitrogens is 3. The first-order valence-corrected chi connectivity index (χ1v) is 11.6. The molecule has 0 spiro atoms. The minimum absolute atomic E-state index is 0.118. The van der Waals surface area contributed by atoms with Crippen molar-refractivity contribution >= 4 is 40.9 Å². The maximum Gasteiger partial charge on any atom is 0.253 e. The summed E-state index contributed by atoms with van der Waals surface area (Å²) >= 11 is 7.43. The third-order valence-electron chi connectivity index (χ3n) is 4.75. The molecule has 0 unspecified atom stereocenters. The molecule has 1 atom stereocenters. The van der Waals surface area contributed by atoms with Crippen LogP contribution in [-0.4, -0.2) is 32.3 Å². The number of benzene rings is 2. The lowest BCUT2D eigenvalue weighted by molar-refractivity contribution is -0.113. The molecular formula is C23H26ClN5O2S. The van der Waals surface area contributed by atoms with Crippen molar-refractivity contribution in [3.05, 3.63) is 70.0 Å². The van der Waals surface area contributed by atoms with Gasteiger partial charge in [-0.3, -0.25) is 9.59 Å². The van der Waals surface area contributed by atoms with Crippen molar-refractivity contribution in [1.29, 1.82) is 0 Å². The van der Waals surface area contributed by atoms with Crippen LogP contribution in [0, 0.1) is 13.8 Å². The van der Waals surface area contributed by atoms with Gasteiger partial charge < -0.3 is 15.2 Å². The zero-order valence-electron chi connectivity index (χ0n) is 18.5. The highest BCUT2D eigenvalue weighted by atomic mass is 35.5. The third-order valence-corrected chi connectivity index (χ3v) is 6.05. The van der Waals surface area contributed by atoms with E-state index < -0.39 is 0 Å². The number of carbonyl (C=O) groups is 2. The van der Waals surface area contributed by atoms with Crippen LogP contribution in [0.15, 0.2) is 47.6 Å². The van der Waals surface area contributed by atoms with Crippen molar-refractivity contribution in [2.75, 3.05) is 11.1 Å². The van der Waals surface area contributed by atoms with Gasteiger partial charge in [0.05, 0.1) is 22.4 Å². The summed E-state index contributed by atoms with van der Waals surface area (Å²) in [4.78, 5) is 25.0. The summed E-state index contributed by atoms with van der Waals surface area (Å²) in [7, 11) is 0. The van der Waals surface area contributed by atoms with Gasteiger partial charge in [-0.05, 0) is 63.1 Å². The fraction of sp³-hybridized carbons (Fsp3) is 0.304. The van der Waals surface area contributed by atoms with Crippen LogP contribution in [0.2, 0.25) is 5.02 Å². The van der Waals surface area contributed by atoms with E-state index in [1.54, 1.807) is 24.3 Å². The van der Waals surface area contributed by atoms with E-state index >= 15 is 0 Å². The zero-order valence-corrected chi connectivity index (χ0v) is 20.0. The molecule has 0 aliphatic rings. The number of nitrogens with one attached hydrogen (secondary N) is 2. The van der Waals surface area contributed by atoms with Gasteiger partial charge in [0.1, 0.15) is 0 Å². The van der Waals surface area contributed by atoms with Crippen LogP contribution >= 0.6 is 23.4 Å². The van der Waals surface area contributed by atoms with Crippen molar-refractivity contribution in [1.82, 2.24) is 20.1 Å². The molecule has 2 N–H and O–H groups in total. The Morgan fingerprint density at radius 1 is 1.12 bits per heavy atom. The van der Waals surface area contributed by atoms with E-state index in [1.165, 1.54) is 11.8 Å². The molecule has 0 bridgehead atoms. The van der Waals surface area contributed by atoms with Gasteiger partial charge in [-0.15, -0.1) is 10.2 Å². The van der Waals surface area contributed by atoms with Crippen LogP contribution in [0.4, 0.5) is 5.69 Å². The number of nitrogens with zero attached hydrogens (tertiary/aromatic N) is 3. The Labute approximate surface area is 197 Å². The Morgan fingerprint density at radius 3 is 2.47 bits per heavy atom. The van der Waals surface area contributed by atoms with Crippen LogP contribution in [0.1, 0.15) is 47.2 Å². The van der Waals surface area contributed by atoms with Gasteiger partial charge in [-0.25, -0.2) is 0 Å². The van der Waals surface area contributed by atoms with Gasteiger partial charge in [0, 0.05) is 12.2 Å². The Hall–Kier alpha value is -2.84. The first-order chi connectivity index (χ1) is 15.3. The number of thioether (sulfide) groups is 1. The predicted molar refractivity (Wildman–Crippen MR) is 128 cm³/mol. The number of hydrogen-bond donors (Lipinski definition) is 2. The highest BCUT2D eigenvalue weighted by molar-refractivity contribution is 7.99. The number of hydrogen-bond acceptors (Lipinski definition) is 5. The fourth-order valence-corrected chi connectivity index (χ4v) is 4.41. The SMILES string of the molecule is CCn1c(SCC(=O)Nc2cc(C)cc(C)c2)nnc1[C@@H](C)NC(=O)c1ccccc1Cl. The molecule has 9 heteroatoms. The summed E-state index contributed by atoms with van der Waals surface area (Å²) < 4.78 is 1.90. The van der Waals surface area contributed by atoms with Crippen LogP contribution in [-0.2, 0) is 11.3 Å². The van der Waals surface area contributed by atoms with Crippen molar-refractivity contribution in [2.24, 2.45) is 0 Å². The molecule has 32 heavy (non-hydrogen) atoms. The van der Waals surface area contributed by atoms with Gasteiger partial charge in [0.15, 0.2) is 11.0 Å². The molecule has 0 saturated heterocycles. The number of aryl methyl sites for hydroxylation is 2. The Morgan fingerprint density at radius 2 is 1.81 bits per heavy atom.